The average molecular weight is 211 g/mol. The number of aryl methyl sites for hydroxylation is 1. The summed E-state index contributed by atoms with van der Waals surface area (Å²) in [6.45, 7) is 6.66. The molecule has 0 fully saturated rings. The molecule has 0 aromatic heterocycles. The van der Waals surface area contributed by atoms with Gasteiger partial charge in [-0.1, -0.05) is 32.9 Å². The van der Waals surface area contributed by atoms with Crippen molar-refractivity contribution in [3.8, 4) is 0 Å². The Hall–Kier alpha value is -0.490. The summed E-state index contributed by atoms with van der Waals surface area (Å²) in [5, 5.41) is 0. The van der Waals surface area contributed by atoms with Crippen LogP contribution in [0.5, 0.6) is 0 Å². The Kier molecular flexibility index (Phi) is 4.47. The standard InChI is InChI=1S/C13H19Cl/c1-4-10-7-8-11(9-14)13(6-3)12(10)5-2/h7-8H,4-6,9H2,1-3H3. The number of alkyl halides is 1. The van der Waals surface area contributed by atoms with Gasteiger partial charge in [-0.05, 0) is 41.5 Å². The lowest BCUT2D eigenvalue weighted by Crippen LogP contribution is -2.01. The van der Waals surface area contributed by atoms with Crippen LogP contribution in [-0.4, -0.2) is 0 Å². The van der Waals surface area contributed by atoms with Crippen molar-refractivity contribution >= 4 is 11.6 Å². The number of rotatable bonds is 4. The molecule has 0 saturated carbocycles. The highest BCUT2D eigenvalue weighted by Gasteiger charge is 2.08. The van der Waals surface area contributed by atoms with E-state index in [-0.39, 0.29) is 0 Å². The van der Waals surface area contributed by atoms with E-state index in [0.717, 1.165) is 19.3 Å². The first-order valence-corrected chi connectivity index (χ1v) is 6.00. The zero-order valence-corrected chi connectivity index (χ0v) is 10.1. The normalized spacial score (nSPS) is 10.6. The van der Waals surface area contributed by atoms with Crippen LogP contribution in [0.15, 0.2) is 12.1 Å². The van der Waals surface area contributed by atoms with Crippen molar-refractivity contribution in [2.75, 3.05) is 0 Å². The van der Waals surface area contributed by atoms with Crippen molar-refractivity contribution in [1.29, 1.82) is 0 Å². The van der Waals surface area contributed by atoms with E-state index >= 15 is 0 Å². The summed E-state index contributed by atoms with van der Waals surface area (Å²) in [5.41, 5.74) is 5.79. The molecule has 1 aromatic rings. The van der Waals surface area contributed by atoms with Crippen LogP contribution >= 0.6 is 11.6 Å². The molecule has 1 heteroatoms. The highest BCUT2D eigenvalue weighted by atomic mass is 35.5. The maximum atomic E-state index is 5.94. The van der Waals surface area contributed by atoms with Gasteiger partial charge in [-0.3, -0.25) is 0 Å². The third kappa shape index (κ3) is 2.12. The lowest BCUT2D eigenvalue weighted by atomic mass is 9.92. The number of halogens is 1. The van der Waals surface area contributed by atoms with Gasteiger partial charge < -0.3 is 0 Å². The van der Waals surface area contributed by atoms with Gasteiger partial charge in [-0.2, -0.15) is 0 Å². The van der Waals surface area contributed by atoms with E-state index in [1.165, 1.54) is 22.3 Å². The van der Waals surface area contributed by atoms with Crippen LogP contribution in [0.4, 0.5) is 0 Å². The molecule has 0 radical (unpaired) electrons. The monoisotopic (exact) mass is 210 g/mol. The van der Waals surface area contributed by atoms with Crippen LogP contribution in [0.25, 0.3) is 0 Å². The van der Waals surface area contributed by atoms with Gasteiger partial charge in [0, 0.05) is 5.88 Å². The van der Waals surface area contributed by atoms with Crippen molar-refractivity contribution in [3.63, 3.8) is 0 Å². The van der Waals surface area contributed by atoms with Gasteiger partial charge in [0.2, 0.25) is 0 Å². The second-order valence-corrected chi connectivity index (χ2v) is 3.80. The SMILES string of the molecule is CCc1ccc(CCl)c(CC)c1CC. The average Bonchev–Trinajstić information content (AvgIpc) is 2.26. The molecule has 0 heterocycles. The summed E-state index contributed by atoms with van der Waals surface area (Å²) in [6, 6.07) is 4.42. The fourth-order valence-corrected chi connectivity index (χ4v) is 2.38. The van der Waals surface area contributed by atoms with Gasteiger partial charge in [0.15, 0.2) is 0 Å². The van der Waals surface area contributed by atoms with Gasteiger partial charge >= 0.3 is 0 Å². The molecular formula is C13H19Cl. The number of hydrogen-bond donors (Lipinski definition) is 0. The van der Waals surface area contributed by atoms with E-state index in [9.17, 15) is 0 Å². The Labute approximate surface area is 92.3 Å². The van der Waals surface area contributed by atoms with E-state index in [1.807, 2.05) is 0 Å². The minimum atomic E-state index is 0.639. The molecule has 0 nitrogen and oxygen atoms in total. The van der Waals surface area contributed by atoms with Crippen LogP contribution in [0.3, 0.4) is 0 Å². The molecule has 1 rings (SSSR count). The first-order chi connectivity index (χ1) is 6.78. The van der Waals surface area contributed by atoms with E-state index in [0.29, 0.717) is 5.88 Å². The van der Waals surface area contributed by atoms with Crippen LogP contribution in [0.2, 0.25) is 0 Å². The van der Waals surface area contributed by atoms with Crippen molar-refractivity contribution in [2.24, 2.45) is 0 Å². The lowest BCUT2D eigenvalue weighted by Gasteiger charge is -2.14. The summed E-state index contributed by atoms with van der Waals surface area (Å²) < 4.78 is 0. The quantitative estimate of drug-likeness (QED) is 0.657. The minimum Gasteiger partial charge on any atom is -0.122 e. The Morgan fingerprint density at radius 2 is 1.36 bits per heavy atom. The van der Waals surface area contributed by atoms with Crippen LogP contribution in [-0.2, 0) is 25.1 Å². The molecule has 0 unspecified atom stereocenters. The van der Waals surface area contributed by atoms with E-state index in [4.69, 9.17) is 11.6 Å². The van der Waals surface area contributed by atoms with E-state index in [2.05, 4.69) is 32.9 Å². The van der Waals surface area contributed by atoms with Gasteiger partial charge in [-0.15, -0.1) is 11.6 Å². The molecule has 0 bridgehead atoms. The number of benzene rings is 1. The number of hydrogen-bond acceptors (Lipinski definition) is 0. The van der Waals surface area contributed by atoms with Gasteiger partial charge in [0.05, 0.1) is 0 Å². The van der Waals surface area contributed by atoms with Crippen LogP contribution in [0.1, 0.15) is 43.0 Å². The molecule has 0 saturated heterocycles. The van der Waals surface area contributed by atoms with Crippen molar-refractivity contribution in [1.82, 2.24) is 0 Å². The molecule has 0 N–H and O–H groups in total. The van der Waals surface area contributed by atoms with Gasteiger partial charge in [0.1, 0.15) is 0 Å². The summed E-state index contributed by atoms with van der Waals surface area (Å²) >= 11 is 5.94. The fraction of sp³-hybridized carbons (Fsp3) is 0.538. The Morgan fingerprint density at radius 1 is 0.857 bits per heavy atom. The molecular weight excluding hydrogens is 192 g/mol. The Balaban J connectivity index is 3.28. The van der Waals surface area contributed by atoms with Crippen LogP contribution < -0.4 is 0 Å². The lowest BCUT2D eigenvalue weighted by molar-refractivity contribution is 0.964. The van der Waals surface area contributed by atoms with Crippen LogP contribution in [0, 0.1) is 0 Å². The summed E-state index contributed by atoms with van der Waals surface area (Å²) in [6.07, 6.45) is 3.34. The van der Waals surface area contributed by atoms with Crippen molar-refractivity contribution in [3.05, 3.63) is 34.4 Å². The van der Waals surface area contributed by atoms with Crippen molar-refractivity contribution in [2.45, 2.75) is 45.9 Å². The summed E-state index contributed by atoms with van der Waals surface area (Å²) in [4.78, 5) is 0. The largest absolute Gasteiger partial charge is 0.122 e. The predicted octanol–water partition coefficient (Wildman–Crippen LogP) is 4.11. The second kappa shape index (κ2) is 5.41. The molecule has 14 heavy (non-hydrogen) atoms. The van der Waals surface area contributed by atoms with Gasteiger partial charge in [-0.25, -0.2) is 0 Å². The minimum absolute atomic E-state index is 0.639. The first-order valence-electron chi connectivity index (χ1n) is 5.46. The third-order valence-electron chi connectivity index (χ3n) is 2.86. The summed E-state index contributed by atoms with van der Waals surface area (Å²) in [5.74, 6) is 0.639. The fourth-order valence-electron chi connectivity index (χ4n) is 2.13. The molecule has 0 aliphatic heterocycles. The van der Waals surface area contributed by atoms with Crippen molar-refractivity contribution < 1.29 is 0 Å². The van der Waals surface area contributed by atoms with Gasteiger partial charge in [0.25, 0.3) is 0 Å². The topological polar surface area (TPSA) is 0 Å². The highest BCUT2D eigenvalue weighted by Crippen LogP contribution is 2.22. The summed E-state index contributed by atoms with van der Waals surface area (Å²) in [7, 11) is 0. The highest BCUT2D eigenvalue weighted by molar-refractivity contribution is 6.17. The smallest absolute Gasteiger partial charge is 0.0476 e. The zero-order chi connectivity index (χ0) is 10.6. The molecule has 0 aliphatic rings. The second-order valence-electron chi connectivity index (χ2n) is 3.54. The Morgan fingerprint density at radius 3 is 1.79 bits per heavy atom. The maximum Gasteiger partial charge on any atom is 0.0476 e. The van der Waals surface area contributed by atoms with E-state index in [1.54, 1.807) is 0 Å². The predicted molar refractivity (Wildman–Crippen MR) is 64.1 cm³/mol. The zero-order valence-electron chi connectivity index (χ0n) is 9.36. The molecule has 0 spiro atoms. The molecule has 0 aliphatic carbocycles. The molecule has 0 atom stereocenters. The molecule has 0 amide bonds. The first kappa shape index (κ1) is 11.6. The molecule has 78 valence electrons. The molecule has 1 aromatic carbocycles. The maximum absolute atomic E-state index is 5.94. The third-order valence-corrected chi connectivity index (χ3v) is 3.15. The van der Waals surface area contributed by atoms with E-state index < -0.39 is 0 Å². The Bertz CT molecular complexity index is 271.